The van der Waals surface area contributed by atoms with Gasteiger partial charge in [-0.25, -0.2) is 0 Å². The van der Waals surface area contributed by atoms with Crippen LogP contribution in [0.4, 0.5) is 0 Å². The maximum Gasteiger partial charge on any atom is 0.244 e. The van der Waals surface area contributed by atoms with Crippen LogP contribution in [0, 0.1) is 5.41 Å². The third-order valence-electron chi connectivity index (χ3n) is 2.36. The minimum Gasteiger partial charge on any atom is -0.381 e. The van der Waals surface area contributed by atoms with E-state index in [2.05, 4.69) is 10.1 Å². The highest BCUT2D eigenvalue weighted by molar-refractivity contribution is 4.96. The topological polar surface area (TPSA) is 74.2 Å². The molecule has 0 fully saturated rings. The van der Waals surface area contributed by atoms with Gasteiger partial charge in [0.05, 0.1) is 12.6 Å². The molecule has 16 heavy (non-hydrogen) atoms. The molecular weight excluding hydrogens is 206 g/mol. The second-order valence-electron chi connectivity index (χ2n) is 4.84. The van der Waals surface area contributed by atoms with Crippen LogP contribution >= 0.6 is 0 Å². The highest BCUT2D eigenvalue weighted by Gasteiger charge is 2.27. The van der Waals surface area contributed by atoms with E-state index in [1.54, 1.807) is 0 Å². The Labute approximate surface area is 96.4 Å². The molecule has 5 nitrogen and oxygen atoms in total. The Morgan fingerprint density at radius 3 is 2.69 bits per heavy atom. The molecular formula is C11H21N3O2. The minimum absolute atomic E-state index is 0.0796. The van der Waals surface area contributed by atoms with Crippen LogP contribution in [0.2, 0.25) is 0 Å². The Kier molecular flexibility index (Phi) is 4.44. The number of nitrogens with two attached hydrogens (primary N) is 1. The normalized spacial score (nSPS) is 14.1. The molecule has 5 heteroatoms. The Hall–Kier alpha value is -0.940. The molecule has 0 saturated heterocycles. The van der Waals surface area contributed by atoms with E-state index in [1.807, 2.05) is 27.7 Å². The summed E-state index contributed by atoms with van der Waals surface area (Å²) in [6.45, 7) is 9.40. The predicted octanol–water partition coefficient (Wildman–Crippen LogP) is 1.69. The van der Waals surface area contributed by atoms with Crippen LogP contribution in [0.5, 0.6) is 0 Å². The monoisotopic (exact) mass is 227 g/mol. The quantitative estimate of drug-likeness (QED) is 0.775. The van der Waals surface area contributed by atoms with Crippen LogP contribution in [-0.4, -0.2) is 23.4 Å². The van der Waals surface area contributed by atoms with Crippen LogP contribution in [0.15, 0.2) is 4.52 Å². The maximum atomic E-state index is 6.01. The molecule has 0 aliphatic heterocycles. The van der Waals surface area contributed by atoms with Crippen LogP contribution in [0.3, 0.4) is 0 Å². The van der Waals surface area contributed by atoms with Gasteiger partial charge in [0.15, 0.2) is 5.82 Å². The van der Waals surface area contributed by atoms with Gasteiger partial charge in [0.1, 0.15) is 0 Å². The lowest BCUT2D eigenvalue weighted by Gasteiger charge is -2.23. The Morgan fingerprint density at radius 2 is 2.12 bits per heavy atom. The summed E-state index contributed by atoms with van der Waals surface area (Å²) >= 11 is 0. The molecule has 0 amide bonds. The van der Waals surface area contributed by atoms with E-state index in [0.717, 1.165) is 0 Å². The molecule has 0 saturated carbocycles. The number of nitrogens with zero attached hydrogens (tertiary/aromatic N) is 2. The highest BCUT2D eigenvalue weighted by Crippen LogP contribution is 2.29. The van der Waals surface area contributed by atoms with Crippen molar-refractivity contribution in [1.82, 2.24) is 10.1 Å². The summed E-state index contributed by atoms with van der Waals surface area (Å²) in [5, 5.41) is 3.88. The van der Waals surface area contributed by atoms with Gasteiger partial charge in [-0.15, -0.1) is 0 Å². The van der Waals surface area contributed by atoms with Crippen LogP contribution < -0.4 is 5.73 Å². The van der Waals surface area contributed by atoms with Crippen molar-refractivity contribution >= 4 is 0 Å². The summed E-state index contributed by atoms with van der Waals surface area (Å²) in [5.74, 6) is 1.15. The fraction of sp³-hybridized carbons (Fsp3) is 0.818. The molecule has 0 aromatic carbocycles. The molecule has 0 aliphatic rings. The number of rotatable bonds is 5. The van der Waals surface area contributed by atoms with Crippen molar-refractivity contribution in [2.24, 2.45) is 11.1 Å². The maximum absolute atomic E-state index is 6.01. The lowest BCUT2D eigenvalue weighted by Crippen LogP contribution is -2.26. The minimum atomic E-state index is -0.235. The first-order valence-corrected chi connectivity index (χ1v) is 5.61. The molecule has 0 bridgehead atoms. The molecule has 1 heterocycles. The van der Waals surface area contributed by atoms with Crippen molar-refractivity contribution in [1.29, 1.82) is 0 Å². The zero-order valence-corrected chi connectivity index (χ0v) is 10.5. The molecule has 92 valence electrons. The SMILES string of the molecule is CCOCCc1noc([C@H](N)C(C)(C)C)n1. The Balaban J connectivity index is 2.57. The van der Waals surface area contributed by atoms with E-state index in [0.29, 0.717) is 31.3 Å². The van der Waals surface area contributed by atoms with Crippen LogP contribution in [-0.2, 0) is 11.2 Å². The van der Waals surface area contributed by atoms with Crippen molar-refractivity contribution in [2.45, 2.75) is 40.2 Å². The van der Waals surface area contributed by atoms with E-state index in [4.69, 9.17) is 15.0 Å². The molecule has 1 aromatic rings. The van der Waals surface area contributed by atoms with Gasteiger partial charge in [-0.3, -0.25) is 0 Å². The van der Waals surface area contributed by atoms with Gasteiger partial charge in [-0.1, -0.05) is 25.9 Å². The third-order valence-corrected chi connectivity index (χ3v) is 2.36. The van der Waals surface area contributed by atoms with Crippen molar-refractivity contribution in [2.75, 3.05) is 13.2 Å². The lowest BCUT2D eigenvalue weighted by molar-refractivity contribution is 0.149. The number of aromatic nitrogens is 2. The average Bonchev–Trinajstić information content (AvgIpc) is 2.64. The number of hydrogen-bond acceptors (Lipinski definition) is 5. The van der Waals surface area contributed by atoms with Crippen LogP contribution in [0.25, 0.3) is 0 Å². The van der Waals surface area contributed by atoms with Gasteiger partial charge in [0.2, 0.25) is 5.89 Å². The lowest BCUT2D eigenvalue weighted by atomic mass is 9.87. The van der Waals surface area contributed by atoms with Gasteiger partial charge in [0, 0.05) is 13.0 Å². The second-order valence-corrected chi connectivity index (χ2v) is 4.84. The first-order chi connectivity index (χ1) is 7.45. The molecule has 1 atom stereocenters. The summed E-state index contributed by atoms with van der Waals surface area (Å²) in [6, 6.07) is -0.235. The summed E-state index contributed by atoms with van der Waals surface area (Å²) in [5.41, 5.74) is 5.93. The summed E-state index contributed by atoms with van der Waals surface area (Å²) < 4.78 is 10.4. The predicted molar refractivity (Wildman–Crippen MR) is 60.9 cm³/mol. The number of ether oxygens (including phenoxy) is 1. The van der Waals surface area contributed by atoms with E-state index in [1.165, 1.54) is 0 Å². The van der Waals surface area contributed by atoms with Gasteiger partial charge in [-0.05, 0) is 12.3 Å². The summed E-state index contributed by atoms with van der Waals surface area (Å²) in [6.07, 6.45) is 0.661. The zero-order chi connectivity index (χ0) is 12.2. The fourth-order valence-electron chi connectivity index (χ4n) is 1.17. The zero-order valence-electron chi connectivity index (χ0n) is 10.5. The summed E-state index contributed by atoms with van der Waals surface area (Å²) in [4.78, 5) is 4.27. The molecule has 2 N–H and O–H groups in total. The number of hydrogen-bond donors (Lipinski definition) is 1. The second kappa shape index (κ2) is 5.41. The molecule has 0 radical (unpaired) electrons. The largest absolute Gasteiger partial charge is 0.381 e. The standard InChI is InChI=1S/C11H21N3O2/c1-5-15-7-6-8-13-10(16-14-8)9(12)11(2,3)4/h9H,5-7,12H2,1-4H3/t9-/m0/s1. The van der Waals surface area contributed by atoms with Crippen molar-refractivity contribution in [3.8, 4) is 0 Å². The molecule has 1 rings (SSSR count). The van der Waals surface area contributed by atoms with Crippen LogP contribution in [0.1, 0.15) is 45.5 Å². The fourth-order valence-corrected chi connectivity index (χ4v) is 1.17. The Bertz CT molecular complexity index is 317. The van der Waals surface area contributed by atoms with Gasteiger partial charge >= 0.3 is 0 Å². The molecule has 0 spiro atoms. The van der Waals surface area contributed by atoms with Crippen molar-refractivity contribution < 1.29 is 9.26 Å². The third kappa shape index (κ3) is 3.57. The molecule has 0 aliphatic carbocycles. The van der Waals surface area contributed by atoms with Crippen molar-refractivity contribution in [3.63, 3.8) is 0 Å². The van der Waals surface area contributed by atoms with E-state index >= 15 is 0 Å². The van der Waals surface area contributed by atoms with Gasteiger partial charge < -0.3 is 15.0 Å². The van der Waals surface area contributed by atoms with E-state index in [9.17, 15) is 0 Å². The highest BCUT2D eigenvalue weighted by atomic mass is 16.5. The van der Waals surface area contributed by atoms with E-state index < -0.39 is 0 Å². The Morgan fingerprint density at radius 1 is 1.44 bits per heavy atom. The molecule has 1 aromatic heterocycles. The summed E-state index contributed by atoms with van der Waals surface area (Å²) in [7, 11) is 0. The smallest absolute Gasteiger partial charge is 0.244 e. The first-order valence-electron chi connectivity index (χ1n) is 5.61. The first kappa shape index (κ1) is 13.1. The van der Waals surface area contributed by atoms with Crippen molar-refractivity contribution in [3.05, 3.63) is 11.7 Å². The van der Waals surface area contributed by atoms with Gasteiger partial charge in [0.25, 0.3) is 0 Å². The van der Waals surface area contributed by atoms with E-state index in [-0.39, 0.29) is 11.5 Å². The average molecular weight is 227 g/mol. The molecule has 0 unspecified atom stereocenters. The van der Waals surface area contributed by atoms with Gasteiger partial charge in [-0.2, -0.15) is 4.98 Å².